The van der Waals surface area contributed by atoms with Crippen LogP contribution < -0.4 is 11.4 Å². The minimum Gasteiger partial charge on any atom is -0.394 e. The van der Waals surface area contributed by atoms with Crippen molar-refractivity contribution in [3.8, 4) is 0 Å². The van der Waals surface area contributed by atoms with Gasteiger partial charge in [0.25, 0.3) is 0 Å². The topological polar surface area (TPSA) is 159 Å². The summed E-state index contributed by atoms with van der Waals surface area (Å²) >= 11 is 0. The van der Waals surface area contributed by atoms with Gasteiger partial charge < -0.3 is 20.7 Å². The summed E-state index contributed by atoms with van der Waals surface area (Å²) in [5, 5.41) is 22.5. The first-order valence-electron chi connectivity index (χ1n) is 5.41. The maximum atomic E-state index is 11.6. The first-order valence-corrected chi connectivity index (χ1v) is 5.41. The lowest BCUT2D eigenvalue weighted by molar-refractivity contribution is -0.0531. The van der Waals surface area contributed by atoms with Gasteiger partial charge in [0.1, 0.15) is 11.9 Å². The molecule has 4 atom stereocenters. The Morgan fingerprint density at radius 3 is 3.00 bits per heavy atom. The van der Waals surface area contributed by atoms with E-state index in [9.17, 15) is 9.90 Å². The first kappa shape index (κ1) is 13.3. The smallest absolute Gasteiger partial charge is 0.351 e. The number of nitrogens with zero attached hydrogens (tertiary/aromatic N) is 5. The molecule has 10 heteroatoms. The van der Waals surface area contributed by atoms with E-state index in [4.69, 9.17) is 21.1 Å². The SMILES string of the molecule is [N-]=[N+]=N[C@H]1[C@@H](O)[C@H](n2ccc(N)nc2=O)O[C@@H]1CO. The van der Waals surface area contributed by atoms with Gasteiger partial charge in [0.05, 0.1) is 18.8 Å². The van der Waals surface area contributed by atoms with Crippen molar-refractivity contribution in [2.75, 3.05) is 12.3 Å². The van der Waals surface area contributed by atoms with Gasteiger partial charge in [-0.3, -0.25) is 4.57 Å². The second kappa shape index (κ2) is 5.24. The van der Waals surface area contributed by atoms with E-state index in [1.54, 1.807) is 0 Å². The van der Waals surface area contributed by atoms with Gasteiger partial charge >= 0.3 is 5.69 Å². The molecule has 0 spiro atoms. The summed E-state index contributed by atoms with van der Waals surface area (Å²) in [5.41, 5.74) is 13.1. The highest BCUT2D eigenvalue weighted by Gasteiger charge is 2.44. The Labute approximate surface area is 106 Å². The molecule has 4 N–H and O–H groups in total. The number of aromatic nitrogens is 2. The number of aliphatic hydroxyl groups is 2. The van der Waals surface area contributed by atoms with Crippen molar-refractivity contribution in [3.63, 3.8) is 0 Å². The number of nitrogens with two attached hydrogens (primary N) is 1. The molecule has 0 radical (unpaired) electrons. The van der Waals surface area contributed by atoms with E-state index >= 15 is 0 Å². The molecule has 0 aliphatic carbocycles. The largest absolute Gasteiger partial charge is 0.394 e. The summed E-state index contributed by atoms with van der Waals surface area (Å²) < 4.78 is 6.34. The number of aliphatic hydroxyl groups excluding tert-OH is 2. The Morgan fingerprint density at radius 1 is 1.68 bits per heavy atom. The zero-order chi connectivity index (χ0) is 14.0. The van der Waals surface area contributed by atoms with Gasteiger partial charge in [0.2, 0.25) is 0 Å². The van der Waals surface area contributed by atoms with Gasteiger partial charge in [-0.1, -0.05) is 5.11 Å². The molecular formula is C9H12N6O4. The summed E-state index contributed by atoms with van der Waals surface area (Å²) in [6, 6.07) is 0.385. The van der Waals surface area contributed by atoms with Crippen molar-refractivity contribution >= 4 is 5.82 Å². The fraction of sp³-hybridized carbons (Fsp3) is 0.556. The third-order valence-electron chi connectivity index (χ3n) is 2.83. The van der Waals surface area contributed by atoms with Crippen LogP contribution in [0.5, 0.6) is 0 Å². The number of hydrogen-bond donors (Lipinski definition) is 3. The zero-order valence-electron chi connectivity index (χ0n) is 9.70. The van der Waals surface area contributed by atoms with Gasteiger partial charge in [-0.05, 0) is 11.6 Å². The van der Waals surface area contributed by atoms with Crippen LogP contribution in [0.3, 0.4) is 0 Å². The fourth-order valence-electron chi connectivity index (χ4n) is 1.93. The van der Waals surface area contributed by atoms with E-state index in [0.29, 0.717) is 0 Å². The molecule has 0 amide bonds. The molecule has 0 aromatic carbocycles. The summed E-state index contributed by atoms with van der Waals surface area (Å²) in [6.07, 6.45) is -1.93. The van der Waals surface area contributed by atoms with Crippen molar-refractivity contribution in [2.45, 2.75) is 24.5 Å². The van der Waals surface area contributed by atoms with Crippen molar-refractivity contribution in [2.24, 2.45) is 5.11 Å². The molecule has 1 saturated heterocycles. The van der Waals surface area contributed by atoms with Gasteiger partial charge in [-0.2, -0.15) is 4.98 Å². The highest BCUT2D eigenvalue weighted by atomic mass is 16.5. The van der Waals surface area contributed by atoms with E-state index in [1.807, 2.05) is 0 Å². The van der Waals surface area contributed by atoms with E-state index in [2.05, 4.69) is 15.0 Å². The second-order valence-electron chi connectivity index (χ2n) is 3.98. The highest BCUT2D eigenvalue weighted by Crippen LogP contribution is 2.30. The minimum atomic E-state index is -1.27. The quantitative estimate of drug-likeness (QED) is 0.353. The molecule has 0 saturated carbocycles. The number of azide groups is 1. The molecule has 1 fully saturated rings. The molecule has 19 heavy (non-hydrogen) atoms. The normalized spacial score (nSPS) is 30.0. The molecule has 1 aliphatic heterocycles. The van der Waals surface area contributed by atoms with E-state index in [0.717, 1.165) is 4.57 Å². The Kier molecular flexibility index (Phi) is 3.67. The fourth-order valence-corrected chi connectivity index (χ4v) is 1.93. The van der Waals surface area contributed by atoms with Crippen molar-refractivity contribution in [3.05, 3.63) is 33.2 Å². The van der Waals surface area contributed by atoms with Crippen LogP contribution in [-0.2, 0) is 4.74 Å². The molecule has 2 rings (SSSR count). The third-order valence-corrected chi connectivity index (χ3v) is 2.83. The molecule has 2 heterocycles. The van der Waals surface area contributed by atoms with E-state index < -0.39 is 36.8 Å². The van der Waals surface area contributed by atoms with Gasteiger partial charge in [0, 0.05) is 11.1 Å². The highest BCUT2D eigenvalue weighted by molar-refractivity contribution is 5.23. The van der Waals surface area contributed by atoms with Crippen LogP contribution in [0.15, 0.2) is 22.2 Å². The maximum Gasteiger partial charge on any atom is 0.351 e. The molecule has 10 nitrogen and oxygen atoms in total. The summed E-state index contributed by atoms with van der Waals surface area (Å²) in [7, 11) is 0. The number of hydrogen-bond acceptors (Lipinski definition) is 7. The predicted molar refractivity (Wildman–Crippen MR) is 62.8 cm³/mol. The van der Waals surface area contributed by atoms with Crippen LogP contribution in [0, 0.1) is 0 Å². The predicted octanol–water partition coefficient (Wildman–Crippen LogP) is -1.24. The van der Waals surface area contributed by atoms with Crippen molar-refractivity contribution in [1.82, 2.24) is 9.55 Å². The monoisotopic (exact) mass is 268 g/mol. The molecular weight excluding hydrogens is 256 g/mol. The minimum absolute atomic E-state index is 0.0408. The van der Waals surface area contributed by atoms with Crippen molar-refractivity contribution in [1.29, 1.82) is 0 Å². The van der Waals surface area contributed by atoms with Crippen LogP contribution >= 0.6 is 0 Å². The molecule has 1 aromatic heterocycles. The second-order valence-corrected chi connectivity index (χ2v) is 3.98. The van der Waals surface area contributed by atoms with E-state index in [1.165, 1.54) is 12.3 Å². The number of nitrogen functional groups attached to an aromatic ring is 1. The van der Waals surface area contributed by atoms with E-state index in [-0.39, 0.29) is 5.82 Å². The molecule has 102 valence electrons. The molecule has 1 aliphatic rings. The van der Waals surface area contributed by atoms with Crippen LogP contribution in [0.4, 0.5) is 5.82 Å². The van der Waals surface area contributed by atoms with Crippen LogP contribution in [-0.4, -0.2) is 44.6 Å². The molecule has 0 unspecified atom stereocenters. The first-order chi connectivity index (χ1) is 9.08. The molecule has 0 bridgehead atoms. The Hall–Kier alpha value is -2.13. The van der Waals surface area contributed by atoms with Crippen molar-refractivity contribution < 1.29 is 14.9 Å². The summed E-state index contributed by atoms with van der Waals surface area (Å²) in [4.78, 5) is 17.7. The number of ether oxygens (including phenoxy) is 1. The Balaban J connectivity index is 2.36. The van der Waals surface area contributed by atoms with Crippen LogP contribution in [0.1, 0.15) is 6.23 Å². The standard InChI is InChI=1S/C9H12N6O4/c10-5-1-2-15(9(18)12-5)8-7(17)6(13-14-11)4(3-16)19-8/h1-2,4,6-8,16-17H,3H2,(H2,10,12,18)/t4-,6-,7-,8-/m1/s1. The number of rotatable bonds is 3. The zero-order valence-corrected chi connectivity index (χ0v) is 9.70. The lowest BCUT2D eigenvalue weighted by Crippen LogP contribution is -2.35. The lowest BCUT2D eigenvalue weighted by atomic mass is 10.1. The molecule has 1 aromatic rings. The van der Waals surface area contributed by atoms with Gasteiger partial charge in [-0.25, -0.2) is 4.79 Å². The summed E-state index contributed by atoms with van der Waals surface area (Å²) in [6.45, 7) is -0.450. The van der Waals surface area contributed by atoms with Crippen LogP contribution in [0.25, 0.3) is 10.4 Å². The average molecular weight is 268 g/mol. The summed E-state index contributed by atoms with van der Waals surface area (Å²) in [5.74, 6) is 0.0408. The maximum absolute atomic E-state index is 11.6. The lowest BCUT2D eigenvalue weighted by Gasteiger charge is -2.17. The number of anilines is 1. The van der Waals surface area contributed by atoms with Gasteiger partial charge in [0.15, 0.2) is 6.23 Å². The van der Waals surface area contributed by atoms with Crippen LogP contribution in [0.2, 0.25) is 0 Å². The Bertz CT molecular complexity index is 568. The third kappa shape index (κ3) is 2.37. The Morgan fingerprint density at radius 2 is 2.42 bits per heavy atom. The average Bonchev–Trinajstić information content (AvgIpc) is 2.68. The van der Waals surface area contributed by atoms with Gasteiger partial charge in [-0.15, -0.1) is 0 Å².